The monoisotopic (exact) mass is 479 g/mol. The molecule has 1 aromatic heterocycles. The van der Waals surface area contributed by atoms with E-state index < -0.39 is 46.0 Å². The number of sulfonamides is 1. The van der Waals surface area contributed by atoms with Gasteiger partial charge < -0.3 is 14.6 Å². The lowest BCUT2D eigenvalue weighted by Gasteiger charge is -2.43. The number of carbonyl (C=O) groups is 2. The number of piperazine rings is 1. The van der Waals surface area contributed by atoms with E-state index in [4.69, 9.17) is 9.47 Å². The first-order valence-electron chi connectivity index (χ1n) is 10.3. The molecule has 1 aromatic carbocycles. The molecule has 2 aromatic rings. The molecule has 4 rings (SSSR count). The fourth-order valence-electron chi connectivity index (χ4n) is 4.27. The number of ether oxygens (including phenoxy) is 2. The summed E-state index contributed by atoms with van der Waals surface area (Å²) in [5.41, 5.74) is 0. The first kappa shape index (κ1) is 22.9. The van der Waals surface area contributed by atoms with Crippen molar-refractivity contribution in [2.45, 2.75) is 42.8 Å². The van der Waals surface area contributed by atoms with Crippen LogP contribution in [0.3, 0.4) is 0 Å². The summed E-state index contributed by atoms with van der Waals surface area (Å²) >= 11 is 0. The Balaban J connectivity index is 1.58. The lowest BCUT2D eigenvalue weighted by molar-refractivity contribution is -0.145. The van der Waals surface area contributed by atoms with E-state index >= 15 is 0 Å². The second-order valence-electron chi connectivity index (χ2n) is 7.65. The third kappa shape index (κ3) is 4.35. The number of aromatic nitrogens is 1. The minimum Gasteiger partial charge on any atom is -0.480 e. The van der Waals surface area contributed by atoms with Crippen LogP contribution in [-0.2, 0) is 19.6 Å². The maximum Gasteiger partial charge on any atom is 0.410 e. The highest BCUT2D eigenvalue weighted by Crippen LogP contribution is 2.38. The number of carboxylic acid groups (broad SMARTS) is 1. The number of carbonyl (C=O) groups excluding carboxylic acids is 1. The summed E-state index contributed by atoms with van der Waals surface area (Å²) in [6, 6.07) is 5.06. The third-order valence-corrected chi connectivity index (χ3v) is 7.53. The summed E-state index contributed by atoms with van der Waals surface area (Å²) in [5, 5.41) is 9.85. The van der Waals surface area contributed by atoms with Crippen molar-refractivity contribution < 1.29 is 37.0 Å². The van der Waals surface area contributed by atoms with Crippen LogP contribution in [0.15, 0.2) is 47.5 Å². The van der Waals surface area contributed by atoms with Crippen LogP contribution in [0, 0.1) is 5.82 Å². The van der Waals surface area contributed by atoms with E-state index in [1.54, 1.807) is 6.92 Å². The Morgan fingerprint density at radius 3 is 2.52 bits per heavy atom. The number of hydrogen-bond donors (Lipinski definition) is 1. The van der Waals surface area contributed by atoms with Crippen LogP contribution in [0.5, 0.6) is 11.6 Å². The Morgan fingerprint density at radius 1 is 1.18 bits per heavy atom. The zero-order chi connectivity index (χ0) is 23.8. The zero-order valence-corrected chi connectivity index (χ0v) is 18.4. The summed E-state index contributed by atoms with van der Waals surface area (Å²) in [6.45, 7) is 1.61. The Morgan fingerprint density at radius 2 is 1.91 bits per heavy atom. The van der Waals surface area contributed by atoms with Crippen molar-refractivity contribution in [1.82, 2.24) is 14.2 Å². The molecule has 2 aliphatic heterocycles. The van der Waals surface area contributed by atoms with Crippen LogP contribution in [0.2, 0.25) is 0 Å². The number of amides is 1. The zero-order valence-electron chi connectivity index (χ0n) is 17.6. The molecule has 1 N–H and O–H groups in total. The van der Waals surface area contributed by atoms with Gasteiger partial charge in [0.1, 0.15) is 22.5 Å². The standard InChI is InChI=1S/C21H22FN3O7S/c1-2-31-21(28)25-14-5-9-17(25)19(20(26)27)24(12-14)33(29,30)16-8-10-18(23-11-16)32-15-6-3-13(22)4-7-15/h3-4,6-8,10-11,14,17,19H,2,5,9,12H2,1H3,(H,26,27)/t14-,17+,19+/m1/s1. The first-order chi connectivity index (χ1) is 15.7. The van der Waals surface area contributed by atoms with E-state index in [1.807, 2.05) is 0 Å². The van der Waals surface area contributed by atoms with Crippen LogP contribution in [0.4, 0.5) is 9.18 Å². The minimum absolute atomic E-state index is 0.0857. The number of hydrogen-bond acceptors (Lipinski definition) is 7. The third-order valence-electron chi connectivity index (χ3n) is 5.70. The molecule has 10 nitrogen and oxygen atoms in total. The van der Waals surface area contributed by atoms with Crippen molar-refractivity contribution in [3.63, 3.8) is 0 Å². The lowest BCUT2D eigenvalue weighted by atomic mass is 10.1. The van der Waals surface area contributed by atoms with Crippen molar-refractivity contribution >= 4 is 22.1 Å². The molecule has 0 saturated carbocycles. The van der Waals surface area contributed by atoms with Gasteiger partial charge in [0, 0.05) is 18.7 Å². The van der Waals surface area contributed by atoms with Gasteiger partial charge in [-0.2, -0.15) is 4.31 Å². The van der Waals surface area contributed by atoms with E-state index in [-0.39, 0.29) is 23.9 Å². The lowest BCUT2D eigenvalue weighted by Crippen LogP contribution is -2.64. The molecule has 1 amide bonds. The van der Waals surface area contributed by atoms with Gasteiger partial charge in [0.15, 0.2) is 0 Å². The van der Waals surface area contributed by atoms with E-state index in [9.17, 15) is 27.5 Å². The van der Waals surface area contributed by atoms with E-state index in [0.717, 1.165) is 10.5 Å². The van der Waals surface area contributed by atoms with Gasteiger partial charge in [-0.25, -0.2) is 22.6 Å². The Bertz CT molecular complexity index is 1140. The highest BCUT2D eigenvalue weighted by Gasteiger charge is 2.55. The van der Waals surface area contributed by atoms with Crippen LogP contribution < -0.4 is 4.74 Å². The summed E-state index contributed by atoms with van der Waals surface area (Å²) in [6.07, 6.45) is 1.27. The summed E-state index contributed by atoms with van der Waals surface area (Å²) in [5.74, 6) is -1.37. The first-order valence-corrected chi connectivity index (χ1v) is 11.8. The smallest absolute Gasteiger partial charge is 0.410 e. The molecule has 2 aliphatic rings. The number of rotatable bonds is 6. The van der Waals surface area contributed by atoms with Crippen LogP contribution >= 0.6 is 0 Å². The molecule has 0 radical (unpaired) electrons. The molecule has 2 saturated heterocycles. The number of benzene rings is 1. The molecule has 2 fully saturated rings. The number of pyridine rings is 1. The fraction of sp³-hybridized carbons (Fsp3) is 0.381. The summed E-state index contributed by atoms with van der Waals surface area (Å²) < 4.78 is 51.1. The highest BCUT2D eigenvalue weighted by molar-refractivity contribution is 7.89. The van der Waals surface area contributed by atoms with Gasteiger partial charge >= 0.3 is 12.1 Å². The largest absolute Gasteiger partial charge is 0.480 e. The Labute approximate surface area is 189 Å². The van der Waals surface area contributed by atoms with Crippen LogP contribution in [-0.4, -0.2) is 71.1 Å². The number of carboxylic acids is 1. The van der Waals surface area contributed by atoms with Gasteiger partial charge in [-0.05, 0) is 50.1 Å². The average Bonchev–Trinajstić information content (AvgIpc) is 3.08. The van der Waals surface area contributed by atoms with Gasteiger partial charge in [0.2, 0.25) is 15.9 Å². The molecule has 0 unspecified atom stereocenters. The molecule has 33 heavy (non-hydrogen) atoms. The van der Waals surface area contributed by atoms with Gasteiger partial charge in [-0.1, -0.05) is 0 Å². The molecule has 0 spiro atoms. The quantitative estimate of drug-likeness (QED) is 0.670. The molecule has 3 heterocycles. The topological polar surface area (TPSA) is 126 Å². The second-order valence-corrected chi connectivity index (χ2v) is 9.54. The minimum atomic E-state index is -4.23. The molecule has 2 bridgehead atoms. The second kappa shape index (κ2) is 8.94. The van der Waals surface area contributed by atoms with Crippen LogP contribution in [0.1, 0.15) is 19.8 Å². The average molecular weight is 479 g/mol. The van der Waals surface area contributed by atoms with E-state index in [2.05, 4.69) is 4.98 Å². The predicted octanol–water partition coefficient (Wildman–Crippen LogP) is 2.46. The van der Waals surface area contributed by atoms with Crippen molar-refractivity contribution in [2.75, 3.05) is 13.2 Å². The summed E-state index contributed by atoms with van der Waals surface area (Å²) in [7, 11) is -4.23. The highest BCUT2D eigenvalue weighted by atomic mass is 32.2. The van der Waals surface area contributed by atoms with Crippen molar-refractivity contribution in [3.05, 3.63) is 48.4 Å². The SMILES string of the molecule is CCOC(=O)N1[C@@H]2CC[C@H]1[C@@H](C(=O)O)N(S(=O)(=O)c1ccc(Oc3ccc(F)cc3)nc1)C2. The number of fused-ring (bicyclic) bond motifs is 2. The van der Waals surface area contributed by atoms with Gasteiger partial charge in [-0.15, -0.1) is 0 Å². The van der Waals surface area contributed by atoms with Crippen molar-refractivity contribution in [2.24, 2.45) is 0 Å². The molecule has 176 valence electrons. The van der Waals surface area contributed by atoms with Crippen molar-refractivity contribution in [1.29, 1.82) is 0 Å². The van der Waals surface area contributed by atoms with E-state index in [0.29, 0.717) is 18.6 Å². The Hall–Kier alpha value is -3.25. The molecular formula is C21H22FN3O7S. The van der Waals surface area contributed by atoms with Gasteiger partial charge in [-0.3, -0.25) is 9.69 Å². The van der Waals surface area contributed by atoms with Gasteiger partial charge in [0.05, 0.1) is 18.8 Å². The van der Waals surface area contributed by atoms with Crippen molar-refractivity contribution in [3.8, 4) is 11.6 Å². The van der Waals surface area contributed by atoms with Crippen LogP contribution in [0.25, 0.3) is 0 Å². The fourth-order valence-corrected chi connectivity index (χ4v) is 5.87. The molecular weight excluding hydrogens is 457 g/mol. The number of aliphatic carboxylic acids is 1. The maximum absolute atomic E-state index is 13.3. The molecule has 3 atom stereocenters. The predicted molar refractivity (Wildman–Crippen MR) is 112 cm³/mol. The molecule has 0 aliphatic carbocycles. The van der Waals surface area contributed by atoms with Gasteiger partial charge in [0.25, 0.3) is 0 Å². The maximum atomic E-state index is 13.3. The molecule has 12 heteroatoms. The van der Waals surface area contributed by atoms with E-state index in [1.165, 1.54) is 41.3 Å². The number of nitrogens with zero attached hydrogens (tertiary/aromatic N) is 3. The normalized spacial score (nSPS) is 22.7. The Kier molecular flexibility index (Phi) is 6.21. The summed E-state index contributed by atoms with van der Waals surface area (Å²) in [4.78, 5) is 29.6. The number of halogens is 1.